The molecule has 1 N–H and O–H groups in total. The summed E-state index contributed by atoms with van der Waals surface area (Å²) in [7, 11) is 0. The summed E-state index contributed by atoms with van der Waals surface area (Å²) in [6.07, 6.45) is 0. The zero-order chi connectivity index (χ0) is 13.8. The van der Waals surface area contributed by atoms with Gasteiger partial charge in [0.2, 0.25) is 0 Å². The Morgan fingerprint density at radius 2 is 1.89 bits per heavy atom. The van der Waals surface area contributed by atoms with Crippen LogP contribution in [0.1, 0.15) is 6.92 Å². The van der Waals surface area contributed by atoms with Gasteiger partial charge in [-0.25, -0.2) is 4.98 Å². The molecule has 1 aliphatic carbocycles. The monoisotopic (exact) mass is 257 g/mol. The fourth-order valence-corrected chi connectivity index (χ4v) is 1.55. The Labute approximate surface area is 108 Å². The molecule has 0 aromatic heterocycles. The summed E-state index contributed by atoms with van der Waals surface area (Å²) < 4.78 is 5.56. The van der Waals surface area contributed by atoms with Crippen LogP contribution in [-0.4, -0.2) is 16.1 Å². The van der Waals surface area contributed by atoms with Gasteiger partial charge in [0.25, 0.3) is 5.97 Å². The van der Waals surface area contributed by atoms with Crippen LogP contribution in [0.5, 0.6) is 0 Å². The fraction of sp³-hybridized carbons (Fsp3) is 0.0714. The first-order valence-electron chi connectivity index (χ1n) is 5.55. The van der Waals surface area contributed by atoms with Crippen molar-refractivity contribution in [1.82, 2.24) is 4.98 Å². The second kappa shape index (κ2) is 5.30. The molecule has 0 atom stereocenters. The fourth-order valence-electron chi connectivity index (χ4n) is 1.55. The largest absolute Gasteiger partial charge is 0.481 e. The number of para-hydroxylation sites is 2. The molecular formula is C14H11NO4. The van der Waals surface area contributed by atoms with E-state index in [1.807, 2.05) is 24.3 Å². The molecule has 0 radical (unpaired) electrons. The molecule has 0 bridgehead atoms. The number of rotatable bonds is 0. The van der Waals surface area contributed by atoms with Gasteiger partial charge in [0.05, 0.1) is 0 Å². The zero-order valence-corrected chi connectivity index (χ0v) is 10.2. The summed E-state index contributed by atoms with van der Waals surface area (Å²) >= 11 is 0. The van der Waals surface area contributed by atoms with Crippen LogP contribution in [0.15, 0.2) is 51.7 Å². The number of fused-ring (bicyclic) bond motifs is 2. The molecule has 0 amide bonds. The molecule has 0 saturated heterocycles. The van der Waals surface area contributed by atoms with E-state index in [2.05, 4.69) is 4.98 Å². The number of hydrogen-bond acceptors (Lipinski definition) is 4. The van der Waals surface area contributed by atoms with E-state index < -0.39 is 5.97 Å². The van der Waals surface area contributed by atoms with Crippen molar-refractivity contribution in [2.24, 2.45) is 0 Å². The highest BCUT2D eigenvalue weighted by Gasteiger charge is 2.07. The number of benzene rings is 2. The van der Waals surface area contributed by atoms with Crippen molar-refractivity contribution in [3.63, 3.8) is 0 Å². The molecule has 0 unspecified atom stereocenters. The van der Waals surface area contributed by atoms with Gasteiger partial charge in [-0.2, -0.15) is 0 Å². The molecule has 19 heavy (non-hydrogen) atoms. The Balaban J connectivity index is 0.000000297. The van der Waals surface area contributed by atoms with Crippen molar-refractivity contribution < 1.29 is 14.3 Å². The maximum atomic E-state index is 11.1. The number of carbonyl (C=O) groups is 1. The van der Waals surface area contributed by atoms with Crippen molar-refractivity contribution in [3.05, 3.63) is 52.7 Å². The summed E-state index contributed by atoms with van der Waals surface area (Å²) in [6, 6.07) is 12.1. The molecule has 1 aromatic carbocycles. The topological polar surface area (TPSA) is 80.4 Å². The van der Waals surface area contributed by atoms with Crippen LogP contribution >= 0.6 is 0 Å². The van der Waals surface area contributed by atoms with E-state index in [1.165, 1.54) is 12.1 Å². The first-order chi connectivity index (χ1) is 9.06. The summed E-state index contributed by atoms with van der Waals surface area (Å²) in [5, 5.41) is 7.42. The SMILES string of the molecule is CC(=O)O.O=c1ccc2nc3ccccc3oc-2c1. The lowest BCUT2D eigenvalue weighted by Gasteiger charge is -2.04. The third-order valence-electron chi connectivity index (χ3n) is 2.26. The number of aliphatic carboxylic acids is 1. The molecule has 0 spiro atoms. The van der Waals surface area contributed by atoms with Crippen LogP contribution in [0.3, 0.4) is 0 Å². The lowest BCUT2D eigenvalue weighted by atomic mass is 10.2. The van der Waals surface area contributed by atoms with Crippen LogP contribution in [0.2, 0.25) is 0 Å². The molecule has 1 heterocycles. The molecule has 1 aromatic rings. The first kappa shape index (κ1) is 12.8. The molecule has 2 aliphatic rings. The number of hydrogen-bond donors (Lipinski definition) is 1. The van der Waals surface area contributed by atoms with Crippen LogP contribution < -0.4 is 5.43 Å². The minimum Gasteiger partial charge on any atom is -0.481 e. The van der Waals surface area contributed by atoms with E-state index in [0.717, 1.165) is 12.4 Å². The van der Waals surface area contributed by atoms with Crippen molar-refractivity contribution >= 4 is 17.1 Å². The van der Waals surface area contributed by atoms with Gasteiger partial charge in [-0.3, -0.25) is 9.59 Å². The van der Waals surface area contributed by atoms with Crippen LogP contribution in [-0.2, 0) is 4.79 Å². The number of carboxylic acid groups (broad SMARTS) is 1. The summed E-state index contributed by atoms with van der Waals surface area (Å²) in [6.45, 7) is 1.08. The Morgan fingerprint density at radius 1 is 1.21 bits per heavy atom. The van der Waals surface area contributed by atoms with E-state index in [1.54, 1.807) is 6.07 Å². The van der Waals surface area contributed by atoms with Crippen LogP contribution in [0.25, 0.3) is 22.6 Å². The minimum absolute atomic E-state index is 0.0664. The maximum Gasteiger partial charge on any atom is 0.300 e. The highest BCUT2D eigenvalue weighted by molar-refractivity contribution is 5.75. The Bertz CT molecular complexity index is 744. The standard InChI is InChI=1S/C12H7NO2.C2H4O2/c14-8-5-6-10-12(7-8)15-11-4-2-1-3-9(11)13-10;1-2(3)4/h1-7H;1H3,(H,3,4). The van der Waals surface area contributed by atoms with Gasteiger partial charge in [0.15, 0.2) is 16.8 Å². The van der Waals surface area contributed by atoms with Crippen LogP contribution in [0.4, 0.5) is 0 Å². The Morgan fingerprint density at radius 3 is 2.63 bits per heavy atom. The number of nitrogens with zero attached hydrogens (tertiary/aromatic N) is 1. The van der Waals surface area contributed by atoms with Gasteiger partial charge >= 0.3 is 0 Å². The Hall–Kier alpha value is -2.69. The average Bonchev–Trinajstić information content (AvgIpc) is 2.35. The van der Waals surface area contributed by atoms with Gasteiger partial charge in [-0.05, 0) is 24.3 Å². The summed E-state index contributed by atoms with van der Waals surface area (Å²) in [4.78, 5) is 24.5. The second-order valence-corrected chi connectivity index (χ2v) is 3.83. The predicted molar refractivity (Wildman–Crippen MR) is 70.2 cm³/mol. The van der Waals surface area contributed by atoms with E-state index >= 15 is 0 Å². The first-order valence-corrected chi connectivity index (χ1v) is 5.55. The number of carboxylic acids is 1. The molecule has 5 heteroatoms. The van der Waals surface area contributed by atoms with Crippen molar-refractivity contribution in [2.45, 2.75) is 6.92 Å². The smallest absolute Gasteiger partial charge is 0.300 e. The van der Waals surface area contributed by atoms with Gasteiger partial charge in [-0.15, -0.1) is 0 Å². The minimum atomic E-state index is -0.833. The van der Waals surface area contributed by atoms with E-state index in [4.69, 9.17) is 14.3 Å². The number of aromatic nitrogens is 1. The quantitative estimate of drug-likeness (QED) is 0.625. The lowest BCUT2D eigenvalue weighted by molar-refractivity contribution is -0.134. The molecule has 3 rings (SSSR count). The third kappa shape index (κ3) is 3.16. The van der Waals surface area contributed by atoms with Gasteiger partial charge in [0, 0.05) is 13.0 Å². The lowest BCUT2D eigenvalue weighted by Crippen LogP contribution is -1.99. The van der Waals surface area contributed by atoms with E-state index in [9.17, 15) is 4.79 Å². The molecular weight excluding hydrogens is 246 g/mol. The van der Waals surface area contributed by atoms with Gasteiger partial charge in [-0.1, -0.05) is 12.1 Å². The van der Waals surface area contributed by atoms with E-state index in [-0.39, 0.29) is 5.43 Å². The van der Waals surface area contributed by atoms with Crippen LogP contribution in [0, 0.1) is 0 Å². The summed E-state index contributed by atoms with van der Waals surface area (Å²) in [5.74, 6) is -0.304. The average molecular weight is 257 g/mol. The molecule has 1 aliphatic heterocycles. The van der Waals surface area contributed by atoms with E-state index in [0.29, 0.717) is 17.0 Å². The Kier molecular flexibility index (Phi) is 3.56. The highest BCUT2D eigenvalue weighted by atomic mass is 16.4. The highest BCUT2D eigenvalue weighted by Crippen LogP contribution is 2.22. The van der Waals surface area contributed by atoms with Crippen molar-refractivity contribution in [3.8, 4) is 11.5 Å². The van der Waals surface area contributed by atoms with Gasteiger partial charge in [0.1, 0.15) is 11.2 Å². The normalized spacial score (nSPS) is 9.95. The van der Waals surface area contributed by atoms with Gasteiger partial charge < -0.3 is 9.52 Å². The molecule has 96 valence electrons. The van der Waals surface area contributed by atoms with Crippen molar-refractivity contribution in [1.29, 1.82) is 0 Å². The molecule has 0 fully saturated rings. The zero-order valence-electron chi connectivity index (χ0n) is 10.2. The predicted octanol–water partition coefficient (Wildman–Crippen LogP) is 2.38. The third-order valence-corrected chi connectivity index (χ3v) is 2.26. The summed E-state index contributed by atoms with van der Waals surface area (Å²) in [5.41, 5.74) is 2.12. The molecule has 5 nitrogen and oxygen atoms in total. The second-order valence-electron chi connectivity index (χ2n) is 3.83. The maximum absolute atomic E-state index is 11.1. The molecule has 0 saturated carbocycles. The van der Waals surface area contributed by atoms with Crippen molar-refractivity contribution in [2.75, 3.05) is 0 Å².